The molecule has 152 valence electrons. The molecule has 0 saturated carbocycles. The number of fused-ring (bicyclic) bond motifs is 1. The van der Waals surface area contributed by atoms with Crippen LogP contribution in [0.5, 0.6) is 0 Å². The van der Waals surface area contributed by atoms with Crippen molar-refractivity contribution in [1.29, 1.82) is 0 Å². The summed E-state index contributed by atoms with van der Waals surface area (Å²) in [6.07, 6.45) is 7.19. The second-order valence-electron chi connectivity index (χ2n) is 7.36. The van der Waals surface area contributed by atoms with Crippen LogP contribution in [-0.4, -0.2) is 72.7 Å². The van der Waals surface area contributed by atoms with Gasteiger partial charge in [-0.1, -0.05) is 6.08 Å². The maximum Gasteiger partial charge on any atom is 0.265 e. The molecular weight excluding hydrogens is 368 g/mol. The number of halogens is 2. The van der Waals surface area contributed by atoms with E-state index in [1.807, 2.05) is 0 Å². The number of aromatic nitrogens is 2. The van der Waals surface area contributed by atoms with E-state index < -0.39 is 5.92 Å². The minimum Gasteiger partial charge on any atom is -0.382 e. The van der Waals surface area contributed by atoms with Crippen molar-refractivity contribution in [2.75, 3.05) is 33.4 Å². The van der Waals surface area contributed by atoms with Crippen LogP contribution in [0, 0.1) is 0 Å². The third kappa shape index (κ3) is 4.15. The molecular formula is C19H25F2N5O2. The van der Waals surface area contributed by atoms with Crippen molar-refractivity contribution in [2.24, 2.45) is 9.98 Å². The number of hydrogen-bond acceptors (Lipinski definition) is 6. The molecule has 9 heteroatoms. The average molecular weight is 393 g/mol. The number of likely N-dealkylation sites (tertiary alicyclic amines) is 1. The summed E-state index contributed by atoms with van der Waals surface area (Å²) in [5.74, 6) is -2.00. The zero-order chi connectivity index (χ0) is 19.6. The largest absolute Gasteiger partial charge is 0.382 e. The molecule has 0 spiro atoms. The van der Waals surface area contributed by atoms with Crippen LogP contribution in [-0.2, 0) is 9.47 Å². The molecule has 28 heavy (non-hydrogen) atoms. The zero-order valence-corrected chi connectivity index (χ0v) is 15.9. The van der Waals surface area contributed by atoms with Crippen LogP contribution in [0.1, 0.15) is 37.4 Å². The molecule has 0 amide bonds. The fourth-order valence-electron chi connectivity index (χ4n) is 3.87. The van der Waals surface area contributed by atoms with E-state index in [4.69, 9.17) is 9.47 Å². The van der Waals surface area contributed by atoms with Crippen LogP contribution in [0.25, 0.3) is 12.2 Å². The first kappa shape index (κ1) is 19.2. The van der Waals surface area contributed by atoms with Crippen molar-refractivity contribution in [2.45, 2.75) is 43.8 Å². The Morgan fingerprint density at radius 2 is 2.25 bits per heavy atom. The lowest BCUT2D eigenvalue weighted by Crippen LogP contribution is -2.46. The Bertz CT molecular complexity index is 879. The molecule has 1 saturated heterocycles. The Kier molecular flexibility index (Phi) is 5.54. The molecule has 3 aliphatic rings. The number of ether oxygens (including phenoxy) is 2. The van der Waals surface area contributed by atoms with Gasteiger partial charge in [0.05, 0.1) is 36.9 Å². The number of aliphatic imine (C=N–C) groups is 2. The maximum absolute atomic E-state index is 13.8. The molecule has 2 aliphatic heterocycles. The number of nitrogens with one attached hydrogen (secondary N) is 1. The Hall–Kier alpha value is -2.13. The SMILES string of the molecule is COCCOC1C=c2c(C3CC(N4CCCC(F)(F)C4)=NC=N3)n[nH]c2=CC1. The van der Waals surface area contributed by atoms with E-state index in [1.165, 1.54) is 6.34 Å². The van der Waals surface area contributed by atoms with E-state index in [1.54, 1.807) is 12.0 Å². The summed E-state index contributed by atoms with van der Waals surface area (Å²) in [5.41, 5.74) is 0.804. The average Bonchev–Trinajstić information content (AvgIpc) is 3.11. The van der Waals surface area contributed by atoms with Crippen LogP contribution in [0.2, 0.25) is 0 Å². The number of rotatable bonds is 5. The molecule has 4 rings (SSSR count). The lowest BCUT2D eigenvalue weighted by molar-refractivity contribution is -0.0472. The van der Waals surface area contributed by atoms with Crippen LogP contribution < -0.4 is 10.6 Å². The Balaban J connectivity index is 1.51. The molecule has 1 aromatic rings. The normalized spacial score (nSPS) is 26.2. The Labute approximate surface area is 161 Å². The van der Waals surface area contributed by atoms with E-state index in [-0.39, 0.29) is 25.1 Å². The smallest absolute Gasteiger partial charge is 0.265 e. The summed E-state index contributed by atoms with van der Waals surface area (Å²) in [6, 6.07) is -0.245. The highest BCUT2D eigenvalue weighted by molar-refractivity contribution is 5.91. The highest BCUT2D eigenvalue weighted by atomic mass is 19.3. The highest BCUT2D eigenvalue weighted by Gasteiger charge is 2.37. The predicted octanol–water partition coefficient (Wildman–Crippen LogP) is 1.01. The number of piperidine rings is 1. The van der Waals surface area contributed by atoms with Gasteiger partial charge >= 0.3 is 0 Å². The van der Waals surface area contributed by atoms with Crippen molar-refractivity contribution in [3.8, 4) is 0 Å². The summed E-state index contributed by atoms with van der Waals surface area (Å²) < 4.78 is 38.4. The number of methoxy groups -OCH3 is 1. The van der Waals surface area contributed by atoms with E-state index in [9.17, 15) is 8.78 Å². The lowest BCUT2D eigenvalue weighted by atomic mass is 10.0. The summed E-state index contributed by atoms with van der Waals surface area (Å²) in [4.78, 5) is 10.4. The van der Waals surface area contributed by atoms with Gasteiger partial charge in [-0.25, -0.2) is 13.8 Å². The minimum absolute atomic E-state index is 0.0412. The third-order valence-corrected chi connectivity index (χ3v) is 5.29. The molecule has 0 aromatic carbocycles. The number of amidine groups is 1. The first-order valence-corrected chi connectivity index (χ1v) is 9.64. The topological polar surface area (TPSA) is 75.1 Å². The number of H-pyrrole nitrogens is 1. The molecule has 3 heterocycles. The zero-order valence-electron chi connectivity index (χ0n) is 15.9. The Morgan fingerprint density at radius 3 is 3.07 bits per heavy atom. The van der Waals surface area contributed by atoms with E-state index in [0.29, 0.717) is 38.4 Å². The maximum atomic E-state index is 13.8. The number of alkyl halides is 2. The van der Waals surface area contributed by atoms with Crippen LogP contribution in [0.3, 0.4) is 0 Å². The molecule has 2 unspecified atom stereocenters. The predicted molar refractivity (Wildman–Crippen MR) is 102 cm³/mol. The van der Waals surface area contributed by atoms with Gasteiger partial charge in [-0.2, -0.15) is 5.10 Å². The van der Waals surface area contributed by atoms with E-state index in [2.05, 4.69) is 32.3 Å². The van der Waals surface area contributed by atoms with Gasteiger partial charge in [-0.05, 0) is 18.9 Å². The van der Waals surface area contributed by atoms with Gasteiger partial charge in [-0.3, -0.25) is 10.1 Å². The van der Waals surface area contributed by atoms with E-state index >= 15 is 0 Å². The molecule has 0 radical (unpaired) electrons. The minimum atomic E-state index is -2.66. The van der Waals surface area contributed by atoms with Gasteiger partial charge in [0.15, 0.2) is 0 Å². The van der Waals surface area contributed by atoms with E-state index in [0.717, 1.165) is 22.7 Å². The van der Waals surface area contributed by atoms with Crippen molar-refractivity contribution in [3.63, 3.8) is 0 Å². The van der Waals surface area contributed by atoms with Crippen molar-refractivity contribution >= 4 is 24.3 Å². The quantitative estimate of drug-likeness (QED) is 0.758. The summed E-state index contributed by atoms with van der Waals surface area (Å²) in [5, 5.41) is 9.43. The second-order valence-corrected chi connectivity index (χ2v) is 7.36. The Morgan fingerprint density at radius 1 is 1.36 bits per heavy atom. The van der Waals surface area contributed by atoms with Gasteiger partial charge in [0.1, 0.15) is 18.2 Å². The molecule has 2 atom stereocenters. The third-order valence-electron chi connectivity index (χ3n) is 5.29. The second kappa shape index (κ2) is 8.08. The lowest BCUT2D eigenvalue weighted by Gasteiger charge is -2.35. The molecule has 1 aromatic heterocycles. The molecule has 1 aliphatic carbocycles. The highest BCUT2D eigenvalue weighted by Crippen LogP contribution is 2.29. The number of aromatic amines is 1. The first-order valence-electron chi connectivity index (χ1n) is 9.64. The first-order chi connectivity index (χ1) is 13.6. The van der Waals surface area contributed by atoms with Crippen LogP contribution >= 0.6 is 0 Å². The van der Waals surface area contributed by atoms with Gasteiger partial charge < -0.3 is 14.4 Å². The summed E-state index contributed by atoms with van der Waals surface area (Å²) in [7, 11) is 1.64. The monoisotopic (exact) mass is 393 g/mol. The molecule has 7 nitrogen and oxygen atoms in total. The fraction of sp³-hybridized carbons (Fsp3) is 0.632. The molecule has 1 fully saturated rings. The van der Waals surface area contributed by atoms with Gasteiger partial charge in [0.25, 0.3) is 5.92 Å². The standard InChI is InChI=1S/C19H25F2N5O2/c1-27-7-8-28-13-3-4-15-14(9-13)18(25-24-15)16-10-17(23-12-22-16)26-6-2-5-19(20,21)11-26/h4,9,12-13,16,24H,2-3,5-8,10-11H2,1H3. The molecule has 1 N–H and O–H groups in total. The number of nitrogens with zero attached hydrogens (tertiary/aromatic N) is 4. The van der Waals surface area contributed by atoms with Crippen molar-refractivity contribution in [1.82, 2.24) is 15.1 Å². The fourth-order valence-corrected chi connectivity index (χ4v) is 3.87. The van der Waals surface area contributed by atoms with Gasteiger partial charge in [-0.15, -0.1) is 0 Å². The van der Waals surface area contributed by atoms with Gasteiger partial charge in [0.2, 0.25) is 0 Å². The van der Waals surface area contributed by atoms with Crippen molar-refractivity contribution < 1.29 is 18.3 Å². The van der Waals surface area contributed by atoms with Crippen LogP contribution in [0.4, 0.5) is 8.78 Å². The van der Waals surface area contributed by atoms with Gasteiger partial charge in [0, 0.05) is 31.7 Å². The summed E-state index contributed by atoms with van der Waals surface area (Å²) >= 11 is 0. The van der Waals surface area contributed by atoms with Crippen molar-refractivity contribution in [3.05, 3.63) is 16.3 Å². The number of hydrogen-bond donors (Lipinski definition) is 1. The molecule has 0 bridgehead atoms. The summed E-state index contributed by atoms with van der Waals surface area (Å²) in [6.45, 7) is 1.39. The van der Waals surface area contributed by atoms with Crippen LogP contribution in [0.15, 0.2) is 9.98 Å².